The third-order valence-electron chi connectivity index (χ3n) is 3.07. The van der Waals surface area contributed by atoms with Crippen LogP contribution in [-0.2, 0) is 15.2 Å². The fourth-order valence-corrected chi connectivity index (χ4v) is 5.85. The number of rotatable bonds is 5. The number of hydrogen-bond donors (Lipinski definition) is 2. The minimum Gasteiger partial charge on any atom is -0.395 e. The van der Waals surface area contributed by atoms with E-state index in [1.807, 2.05) is 11.8 Å². The molecule has 0 saturated carbocycles. The zero-order valence-corrected chi connectivity index (χ0v) is 13.1. The molecule has 18 heavy (non-hydrogen) atoms. The topological polar surface area (TPSA) is 49.3 Å². The van der Waals surface area contributed by atoms with Gasteiger partial charge in [0.15, 0.2) is 11.0 Å². The number of thiol groups is 1. The van der Waals surface area contributed by atoms with E-state index in [0.717, 1.165) is 28.6 Å². The molecule has 2 rings (SSSR count). The Labute approximate surface area is 123 Å². The van der Waals surface area contributed by atoms with Gasteiger partial charge in [-0.05, 0) is 36.3 Å². The molecule has 2 N–H and O–H groups in total. The third kappa shape index (κ3) is 3.95. The fraction of sp³-hybridized carbons (Fsp3) is 0.636. The van der Waals surface area contributed by atoms with Gasteiger partial charge in [-0.1, -0.05) is 27.1 Å². The number of aliphatic hydroxyl groups is 1. The summed E-state index contributed by atoms with van der Waals surface area (Å²) in [5.74, 6) is 2.68. The summed E-state index contributed by atoms with van der Waals surface area (Å²) < 4.78 is 16.6. The Morgan fingerprint density at radius 2 is 2.22 bits per heavy atom. The molecule has 0 amide bonds. The molecular formula is C11H17ClNO2S3+. The number of aliphatic hydroxyl groups excluding tert-OH is 1. The Kier molecular flexibility index (Phi) is 5.97. The molecule has 0 radical (unpaired) electrons. The van der Waals surface area contributed by atoms with Crippen LogP contribution < -0.4 is 4.72 Å². The van der Waals surface area contributed by atoms with Crippen molar-refractivity contribution in [2.75, 3.05) is 18.1 Å². The van der Waals surface area contributed by atoms with Gasteiger partial charge in [-0.25, -0.2) is 0 Å². The maximum atomic E-state index is 12.1. The van der Waals surface area contributed by atoms with Crippen LogP contribution in [0.15, 0.2) is 16.3 Å². The van der Waals surface area contributed by atoms with E-state index in [4.69, 9.17) is 11.6 Å². The summed E-state index contributed by atoms with van der Waals surface area (Å²) in [6.45, 7) is 0.0372. The largest absolute Gasteiger partial charge is 0.395 e. The quantitative estimate of drug-likeness (QED) is 0.645. The van der Waals surface area contributed by atoms with Crippen LogP contribution in [0.4, 0.5) is 0 Å². The Hall–Kier alpha value is 0.410. The first-order chi connectivity index (χ1) is 8.70. The van der Waals surface area contributed by atoms with Crippen molar-refractivity contribution >= 4 is 45.7 Å². The molecule has 1 aromatic rings. The van der Waals surface area contributed by atoms with Crippen molar-refractivity contribution in [1.29, 1.82) is 0 Å². The van der Waals surface area contributed by atoms with Crippen molar-refractivity contribution < 1.29 is 9.32 Å². The molecule has 1 aliphatic heterocycles. The van der Waals surface area contributed by atoms with Crippen LogP contribution in [0.2, 0.25) is 4.34 Å². The average molecular weight is 327 g/mol. The van der Waals surface area contributed by atoms with Gasteiger partial charge in [-0.3, -0.25) is 0 Å². The molecule has 2 unspecified atom stereocenters. The predicted octanol–water partition coefficient (Wildman–Crippen LogP) is 2.47. The molecule has 1 fully saturated rings. The van der Waals surface area contributed by atoms with E-state index in [-0.39, 0.29) is 12.6 Å². The second-order valence-electron chi connectivity index (χ2n) is 4.24. The zero-order valence-electron chi connectivity index (χ0n) is 9.84. The first kappa shape index (κ1) is 14.8. The van der Waals surface area contributed by atoms with Crippen LogP contribution in [0.5, 0.6) is 0 Å². The van der Waals surface area contributed by atoms with Crippen LogP contribution in [0.25, 0.3) is 0 Å². The molecule has 2 atom stereocenters. The Bertz CT molecular complexity index is 407. The third-order valence-corrected chi connectivity index (χ3v) is 7.04. The number of thioether (sulfide) groups is 1. The van der Waals surface area contributed by atoms with Gasteiger partial charge in [0.25, 0.3) is 0 Å². The van der Waals surface area contributed by atoms with Gasteiger partial charge in [0.05, 0.1) is 17.0 Å². The lowest BCUT2D eigenvalue weighted by molar-refractivity contribution is 0.210. The molecule has 0 spiro atoms. The summed E-state index contributed by atoms with van der Waals surface area (Å²) in [6.07, 6.45) is 2.16. The lowest BCUT2D eigenvalue weighted by atomic mass is 9.95. The highest BCUT2D eigenvalue weighted by Crippen LogP contribution is 2.27. The highest BCUT2D eigenvalue weighted by atomic mass is 35.5. The van der Waals surface area contributed by atoms with Crippen molar-refractivity contribution in [2.45, 2.75) is 23.1 Å². The summed E-state index contributed by atoms with van der Waals surface area (Å²) >= 11 is 9.11. The predicted molar refractivity (Wildman–Crippen MR) is 81.1 cm³/mol. The van der Waals surface area contributed by atoms with Crippen LogP contribution in [-0.4, -0.2) is 29.3 Å². The van der Waals surface area contributed by atoms with Gasteiger partial charge in [-0.15, -0.1) is 4.72 Å². The molecular weight excluding hydrogens is 310 g/mol. The second kappa shape index (κ2) is 7.26. The van der Waals surface area contributed by atoms with E-state index in [2.05, 4.69) is 4.72 Å². The normalized spacial score (nSPS) is 20.8. The van der Waals surface area contributed by atoms with Crippen LogP contribution >= 0.6 is 34.7 Å². The maximum Gasteiger partial charge on any atom is 0.230 e. The molecule has 0 bridgehead atoms. The van der Waals surface area contributed by atoms with Crippen LogP contribution in [0, 0.1) is 5.92 Å². The van der Waals surface area contributed by atoms with E-state index in [1.54, 1.807) is 12.1 Å². The molecule has 0 aromatic carbocycles. The Balaban J connectivity index is 1.95. The van der Waals surface area contributed by atoms with E-state index >= 15 is 0 Å². The van der Waals surface area contributed by atoms with Gasteiger partial charge in [0.2, 0.25) is 4.21 Å². The standard InChI is InChI=1S/C11H16ClNO2S3/c12-10-1-2-11(17-10)18(15)13-9(7-14)8-3-5-16-6-4-8/h1-2,8-9,14H,3-7H2,(H,13,15)/p+1. The van der Waals surface area contributed by atoms with Crippen LogP contribution in [0.3, 0.4) is 0 Å². The van der Waals surface area contributed by atoms with Crippen LogP contribution in [0.1, 0.15) is 12.8 Å². The lowest BCUT2D eigenvalue weighted by Gasteiger charge is -2.26. The van der Waals surface area contributed by atoms with Crippen molar-refractivity contribution in [3.05, 3.63) is 16.5 Å². The van der Waals surface area contributed by atoms with E-state index in [9.17, 15) is 9.32 Å². The van der Waals surface area contributed by atoms with Gasteiger partial charge in [0.1, 0.15) is 0 Å². The van der Waals surface area contributed by atoms with E-state index in [1.165, 1.54) is 11.3 Å². The smallest absolute Gasteiger partial charge is 0.230 e. The van der Waals surface area contributed by atoms with Gasteiger partial charge in [-0.2, -0.15) is 11.8 Å². The van der Waals surface area contributed by atoms with Gasteiger partial charge < -0.3 is 5.11 Å². The second-order valence-corrected chi connectivity index (χ2v) is 8.81. The van der Waals surface area contributed by atoms with Crippen molar-refractivity contribution in [1.82, 2.24) is 4.72 Å². The molecule has 0 aliphatic carbocycles. The maximum absolute atomic E-state index is 12.1. The van der Waals surface area contributed by atoms with E-state index < -0.39 is 11.0 Å². The van der Waals surface area contributed by atoms with Crippen molar-refractivity contribution in [3.63, 3.8) is 0 Å². The Morgan fingerprint density at radius 1 is 1.50 bits per heavy atom. The molecule has 3 nitrogen and oxygen atoms in total. The monoisotopic (exact) mass is 326 g/mol. The van der Waals surface area contributed by atoms with Crippen molar-refractivity contribution in [3.8, 4) is 0 Å². The molecule has 1 aliphatic rings. The number of halogens is 1. The molecule has 102 valence electrons. The summed E-state index contributed by atoms with van der Waals surface area (Å²) in [7, 11) is -1.66. The number of hydrogen-bond acceptors (Lipinski definition) is 4. The summed E-state index contributed by atoms with van der Waals surface area (Å²) in [6, 6.07) is 3.46. The summed E-state index contributed by atoms with van der Waals surface area (Å²) in [5.41, 5.74) is 0. The first-order valence-corrected chi connectivity index (χ1v) is 9.49. The van der Waals surface area contributed by atoms with Crippen molar-refractivity contribution in [2.24, 2.45) is 5.92 Å². The Morgan fingerprint density at radius 3 is 2.78 bits per heavy atom. The lowest BCUT2D eigenvalue weighted by Crippen LogP contribution is -2.41. The SMILES string of the molecule is O=[SH+](NC(CO)C1CCSCC1)c1ccc(Cl)s1. The summed E-state index contributed by atoms with van der Waals surface area (Å²) in [5, 5.41) is 9.46. The van der Waals surface area contributed by atoms with Gasteiger partial charge >= 0.3 is 0 Å². The van der Waals surface area contributed by atoms with E-state index in [0.29, 0.717) is 10.3 Å². The molecule has 2 heterocycles. The van der Waals surface area contributed by atoms with Gasteiger partial charge in [0, 0.05) is 6.07 Å². The molecule has 7 heteroatoms. The zero-order chi connectivity index (χ0) is 13.0. The average Bonchev–Trinajstić information content (AvgIpc) is 2.83. The number of nitrogens with one attached hydrogen (secondary N) is 1. The number of thiophene rings is 1. The molecule has 1 saturated heterocycles. The summed E-state index contributed by atoms with van der Waals surface area (Å²) in [4.78, 5) is 0. The first-order valence-electron chi connectivity index (χ1n) is 5.88. The minimum atomic E-state index is -1.66. The molecule has 1 aromatic heterocycles. The highest BCUT2D eigenvalue weighted by Gasteiger charge is 2.28. The minimum absolute atomic E-state index is 0.0372. The fourth-order valence-electron chi connectivity index (χ4n) is 2.04. The highest BCUT2D eigenvalue weighted by molar-refractivity contribution is 7.99.